The van der Waals surface area contributed by atoms with Crippen LogP contribution in [-0.2, 0) is 4.79 Å². The van der Waals surface area contributed by atoms with Gasteiger partial charge in [0.2, 0.25) is 5.91 Å². The summed E-state index contributed by atoms with van der Waals surface area (Å²) in [7, 11) is 0. The van der Waals surface area contributed by atoms with Crippen LogP contribution in [0.25, 0.3) is 0 Å². The zero-order valence-corrected chi connectivity index (χ0v) is 13.2. The van der Waals surface area contributed by atoms with E-state index in [-0.39, 0.29) is 12.2 Å². The fourth-order valence-corrected chi connectivity index (χ4v) is 3.38. The lowest BCUT2D eigenvalue weighted by Crippen LogP contribution is -2.48. The number of nitrogens with zero attached hydrogens (tertiary/aromatic N) is 1. The van der Waals surface area contributed by atoms with Gasteiger partial charge >= 0.3 is 0 Å². The van der Waals surface area contributed by atoms with Crippen LogP contribution in [0.4, 0.5) is 0 Å². The standard InChI is InChI=1S/C16H30N2O/c1-6-12(4)13-15(19)18(14(17-13)11(2)3)10-16(5)8-7-9-16/h11-14,17H,6-10H2,1-5H3. The smallest absolute Gasteiger partial charge is 0.241 e. The molecule has 1 saturated heterocycles. The van der Waals surface area contributed by atoms with E-state index in [0.717, 1.165) is 13.0 Å². The summed E-state index contributed by atoms with van der Waals surface area (Å²) in [5.74, 6) is 1.23. The van der Waals surface area contributed by atoms with Crippen molar-refractivity contribution in [2.45, 2.75) is 72.5 Å². The van der Waals surface area contributed by atoms with Crippen molar-refractivity contribution in [3.05, 3.63) is 0 Å². The van der Waals surface area contributed by atoms with Crippen LogP contribution < -0.4 is 5.32 Å². The average Bonchev–Trinajstić information content (AvgIpc) is 2.64. The minimum absolute atomic E-state index is 0.0288. The van der Waals surface area contributed by atoms with Crippen LogP contribution in [0.1, 0.15) is 60.3 Å². The Morgan fingerprint density at radius 3 is 2.42 bits per heavy atom. The van der Waals surface area contributed by atoms with E-state index in [4.69, 9.17) is 0 Å². The molecule has 110 valence electrons. The number of hydrogen-bond acceptors (Lipinski definition) is 2. The fourth-order valence-electron chi connectivity index (χ4n) is 3.38. The zero-order chi connectivity index (χ0) is 14.2. The van der Waals surface area contributed by atoms with Gasteiger partial charge in [-0.1, -0.05) is 47.5 Å². The lowest BCUT2D eigenvalue weighted by molar-refractivity contribution is -0.133. The molecule has 0 spiro atoms. The molecule has 0 bridgehead atoms. The Kier molecular flexibility index (Phi) is 4.24. The third-order valence-electron chi connectivity index (χ3n) is 5.19. The first-order chi connectivity index (χ1) is 8.88. The minimum Gasteiger partial charge on any atom is -0.325 e. The summed E-state index contributed by atoms with van der Waals surface area (Å²) in [4.78, 5) is 14.8. The van der Waals surface area contributed by atoms with Gasteiger partial charge in [0.15, 0.2) is 0 Å². The SMILES string of the molecule is CCC(C)C1NC(C(C)C)N(CC2(C)CCC2)C1=O. The van der Waals surface area contributed by atoms with Gasteiger partial charge in [-0.3, -0.25) is 10.1 Å². The molecule has 3 nitrogen and oxygen atoms in total. The quantitative estimate of drug-likeness (QED) is 0.829. The molecule has 0 aromatic rings. The molecule has 1 aliphatic heterocycles. The maximum Gasteiger partial charge on any atom is 0.241 e. The molecule has 1 aliphatic carbocycles. The monoisotopic (exact) mass is 266 g/mol. The molecule has 3 unspecified atom stereocenters. The zero-order valence-electron chi connectivity index (χ0n) is 13.2. The van der Waals surface area contributed by atoms with E-state index < -0.39 is 0 Å². The first-order valence-corrected chi connectivity index (χ1v) is 7.94. The number of hydrogen-bond donors (Lipinski definition) is 1. The summed E-state index contributed by atoms with van der Waals surface area (Å²) in [5.41, 5.74) is 0.370. The van der Waals surface area contributed by atoms with Gasteiger partial charge in [0.05, 0.1) is 12.2 Å². The lowest BCUT2D eigenvalue weighted by Gasteiger charge is -2.43. The highest BCUT2D eigenvalue weighted by Crippen LogP contribution is 2.42. The maximum atomic E-state index is 12.7. The first kappa shape index (κ1) is 14.8. The molecule has 1 amide bonds. The third kappa shape index (κ3) is 2.81. The van der Waals surface area contributed by atoms with Crippen molar-refractivity contribution in [2.24, 2.45) is 17.3 Å². The van der Waals surface area contributed by atoms with Crippen molar-refractivity contribution in [1.82, 2.24) is 10.2 Å². The highest BCUT2D eigenvalue weighted by molar-refractivity contribution is 5.84. The van der Waals surface area contributed by atoms with Crippen LogP contribution in [0.5, 0.6) is 0 Å². The molecule has 2 fully saturated rings. The molecule has 1 N–H and O–H groups in total. The van der Waals surface area contributed by atoms with Gasteiger partial charge in [-0.15, -0.1) is 0 Å². The van der Waals surface area contributed by atoms with Crippen molar-refractivity contribution < 1.29 is 4.79 Å². The van der Waals surface area contributed by atoms with Gasteiger partial charge in [0, 0.05) is 6.54 Å². The first-order valence-electron chi connectivity index (χ1n) is 7.94. The van der Waals surface area contributed by atoms with E-state index >= 15 is 0 Å². The summed E-state index contributed by atoms with van der Waals surface area (Å²) in [6.07, 6.45) is 5.15. The van der Waals surface area contributed by atoms with Crippen LogP contribution >= 0.6 is 0 Å². The summed E-state index contributed by atoms with van der Waals surface area (Å²) < 4.78 is 0. The van der Waals surface area contributed by atoms with Gasteiger partial charge in [-0.2, -0.15) is 0 Å². The van der Waals surface area contributed by atoms with Gasteiger partial charge in [-0.25, -0.2) is 0 Å². The summed E-state index contributed by atoms with van der Waals surface area (Å²) in [5, 5.41) is 3.59. The molecule has 2 aliphatic rings. The summed E-state index contributed by atoms with van der Waals surface area (Å²) in [6, 6.07) is 0.0288. The van der Waals surface area contributed by atoms with Crippen LogP contribution in [0.3, 0.4) is 0 Å². The van der Waals surface area contributed by atoms with Gasteiger partial charge in [0.1, 0.15) is 0 Å². The second kappa shape index (κ2) is 5.43. The molecule has 2 rings (SSSR count). The molecule has 0 aromatic carbocycles. The highest BCUT2D eigenvalue weighted by atomic mass is 16.2. The molecule has 3 heteroatoms. The number of carbonyl (C=O) groups excluding carboxylic acids is 1. The second-order valence-electron chi connectivity index (χ2n) is 7.35. The largest absolute Gasteiger partial charge is 0.325 e. The average molecular weight is 266 g/mol. The van der Waals surface area contributed by atoms with Crippen molar-refractivity contribution in [1.29, 1.82) is 0 Å². The molecule has 0 aromatic heterocycles. The normalized spacial score (nSPS) is 31.7. The molecule has 3 atom stereocenters. The van der Waals surface area contributed by atoms with E-state index in [0.29, 0.717) is 23.2 Å². The number of amides is 1. The predicted molar refractivity (Wildman–Crippen MR) is 78.7 cm³/mol. The van der Waals surface area contributed by atoms with E-state index in [1.165, 1.54) is 19.3 Å². The van der Waals surface area contributed by atoms with Gasteiger partial charge < -0.3 is 4.90 Å². The molecule has 1 saturated carbocycles. The summed E-state index contributed by atoms with van der Waals surface area (Å²) in [6.45, 7) is 12.0. The number of rotatable bonds is 5. The fraction of sp³-hybridized carbons (Fsp3) is 0.938. The van der Waals surface area contributed by atoms with Crippen LogP contribution in [-0.4, -0.2) is 29.6 Å². The Bertz CT molecular complexity index is 336. The number of carbonyl (C=O) groups is 1. The lowest BCUT2D eigenvalue weighted by atomic mass is 9.70. The molecule has 0 radical (unpaired) electrons. The Morgan fingerprint density at radius 1 is 1.37 bits per heavy atom. The topological polar surface area (TPSA) is 32.3 Å². The van der Waals surface area contributed by atoms with Crippen molar-refractivity contribution in [3.8, 4) is 0 Å². The van der Waals surface area contributed by atoms with Crippen LogP contribution in [0.15, 0.2) is 0 Å². The Hall–Kier alpha value is -0.570. The third-order valence-corrected chi connectivity index (χ3v) is 5.19. The second-order valence-corrected chi connectivity index (χ2v) is 7.35. The maximum absolute atomic E-state index is 12.7. The van der Waals surface area contributed by atoms with Crippen molar-refractivity contribution in [2.75, 3.05) is 6.54 Å². The van der Waals surface area contributed by atoms with E-state index in [1.54, 1.807) is 0 Å². The molecular weight excluding hydrogens is 236 g/mol. The van der Waals surface area contributed by atoms with Crippen LogP contribution in [0, 0.1) is 17.3 Å². The highest BCUT2D eigenvalue weighted by Gasteiger charge is 2.45. The van der Waals surface area contributed by atoms with Crippen molar-refractivity contribution in [3.63, 3.8) is 0 Å². The van der Waals surface area contributed by atoms with E-state index in [9.17, 15) is 4.79 Å². The Labute approximate surface area is 118 Å². The molecular formula is C16H30N2O. The van der Waals surface area contributed by atoms with Gasteiger partial charge in [-0.05, 0) is 30.1 Å². The Balaban J connectivity index is 2.11. The molecule has 1 heterocycles. The number of nitrogens with one attached hydrogen (secondary N) is 1. The van der Waals surface area contributed by atoms with Crippen molar-refractivity contribution >= 4 is 5.91 Å². The summed E-state index contributed by atoms with van der Waals surface area (Å²) >= 11 is 0. The minimum atomic E-state index is 0.0288. The Morgan fingerprint density at radius 2 is 2.00 bits per heavy atom. The molecule has 19 heavy (non-hydrogen) atoms. The van der Waals surface area contributed by atoms with E-state index in [1.807, 2.05) is 0 Å². The van der Waals surface area contributed by atoms with E-state index in [2.05, 4.69) is 44.8 Å². The van der Waals surface area contributed by atoms with Gasteiger partial charge in [0.25, 0.3) is 0 Å². The predicted octanol–water partition coefficient (Wildman–Crippen LogP) is 3.01. The van der Waals surface area contributed by atoms with Crippen LogP contribution in [0.2, 0.25) is 0 Å².